The Labute approximate surface area is 156 Å². The largest absolute Gasteiger partial charge is 0.507 e. The molecule has 0 saturated carbocycles. The van der Waals surface area contributed by atoms with Gasteiger partial charge in [-0.15, -0.1) is 10.2 Å². The molecule has 136 valence electrons. The van der Waals surface area contributed by atoms with Crippen molar-refractivity contribution < 1.29 is 9.90 Å². The van der Waals surface area contributed by atoms with Gasteiger partial charge in [0.1, 0.15) is 5.75 Å². The maximum atomic E-state index is 12.2. The van der Waals surface area contributed by atoms with Gasteiger partial charge in [0.2, 0.25) is 5.91 Å². The van der Waals surface area contributed by atoms with E-state index in [0.29, 0.717) is 35.4 Å². The number of carbonyl (C=O) groups excluding carboxylic acids is 1. The Balaban J connectivity index is 1.85. The van der Waals surface area contributed by atoms with Crippen LogP contribution in [0.25, 0.3) is 22.2 Å². The van der Waals surface area contributed by atoms with Gasteiger partial charge in [0, 0.05) is 20.1 Å². The number of thioether (sulfide) groups is 1. The molecule has 1 heterocycles. The fourth-order valence-electron chi connectivity index (χ4n) is 2.88. The van der Waals surface area contributed by atoms with Crippen LogP contribution in [-0.2, 0) is 11.8 Å². The van der Waals surface area contributed by atoms with Gasteiger partial charge in [-0.1, -0.05) is 36.0 Å². The Morgan fingerprint density at radius 2 is 1.81 bits per heavy atom. The van der Waals surface area contributed by atoms with Gasteiger partial charge < -0.3 is 14.6 Å². The predicted octanol–water partition coefficient (Wildman–Crippen LogP) is 3.30. The summed E-state index contributed by atoms with van der Waals surface area (Å²) in [6.45, 7) is 5.33. The molecular weight excluding hydrogens is 348 g/mol. The Kier molecular flexibility index (Phi) is 5.46. The van der Waals surface area contributed by atoms with Gasteiger partial charge in [-0.05, 0) is 36.8 Å². The van der Waals surface area contributed by atoms with Crippen LogP contribution in [0.2, 0.25) is 0 Å². The van der Waals surface area contributed by atoms with Crippen LogP contribution in [-0.4, -0.2) is 49.5 Å². The van der Waals surface area contributed by atoms with Crippen LogP contribution in [0.4, 0.5) is 0 Å². The Hall–Kier alpha value is -2.54. The lowest BCUT2D eigenvalue weighted by Crippen LogP contribution is -2.31. The molecule has 3 aromatic rings. The second-order valence-corrected chi connectivity index (χ2v) is 6.88. The zero-order chi connectivity index (χ0) is 18.7. The molecule has 1 amide bonds. The number of phenols is 1. The van der Waals surface area contributed by atoms with Gasteiger partial charge in [-0.3, -0.25) is 4.79 Å². The maximum absolute atomic E-state index is 12.2. The molecule has 1 N–H and O–H groups in total. The molecule has 0 saturated heterocycles. The SMILES string of the molecule is CCN(CC)C(=O)CSc1nnc(-c2cc3ccccc3cc2O)n1C. The van der Waals surface area contributed by atoms with Crippen molar-refractivity contribution >= 4 is 28.4 Å². The van der Waals surface area contributed by atoms with Crippen molar-refractivity contribution in [1.82, 2.24) is 19.7 Å². The van der Waals surface area contributed by atoms with Crippen molar-refractivity contribution in [2.75, 3.05) is 18.8 Å². The molecule has 0 unspecified atom stereocenters. The quantitative estimate of drug-likeness (QED) is 0.674. The monoisotopic (exact) mass is 370 g/mol. The van der Waals surface area contributed by atoms with Crippen molar-refractivity contribution in [3.8, 4) is 17.1 Å². The molecule has 6 nitrogen and oxygen atoms in total. The summed E-state index contributed by atoms with van der Waals surface area (Å²) in [5, 5.41) is 21.5. The molecule has 7 heteroatoms. The highest BCUT2D eigenvalue weighted by atomic mass is 32.2. The number of aromatic hydroxyl groups is 1. The first kappa shape index (κ1) is 18.3. The number of nitrogens with zero attached hydrogens (tertiary/aromatic N) is 4. The lowest BCUT2D eigenvalue weighted by molar-refractivity contribution is -0.127. The fourth-order valence-corrected chi connectivity index (χ4v) is 3.69. The molecule has 1 aromatic heterocycles. The summed E-state index contributed by atoms with van der Waals surface area (Å²) >= 11 is 1.36. The average molecular weight is 370 g/mol. The Bertz CT molecular complexity index is 934. The molecule has 0 aliphatic heterocycles. The van der Waals surface area contributed by atoms with Gasteiger partial charge in [-0.2, -0.15) is 0 Å². The zero-order valence-corrected chi connectivity index (χ0v) is 16.0. The van der Waals surface area contributed by atoms with E-state index >= 15 is 0 Å². The smallest absolute Gasteiger partial charge is 0.233 e. The van der Waals surface area contributed by atoms with Crippen molar-refractivity contribution in [2.24, 2.45) is 7.05 Å². The minimum absolute atomic E-state index is 0.0816. The lowest BCUT2D eigenvalue weighted by atomic mass is 10.1. The van der Waals surface area contributed by atoms with E-state index in [1.54, 1.807) is 11.0 Å². The molecule has 2 aromatic carbocycles. The minimum atomic E-state index is 0.0816. The van der Waals surface area contributed by atoms with Gasteiger partial charge in [0.25, 0.3) is 0 Å². The second-order valence-electron chi connectivity index (χ2n) is 5.94. The van der Waals surface area contributed by atoms with E-state index in [2.05, 4.69) is 10.2 Å². The Morgan fingerprint density at radius 1 is 1.15 bits per heavy atom. The van der Waals surface area contributed by atoms with Crippen LogP contribution in [0, 0.1) is 0 Å². The standard InChI is InChI=1S/C19H22N4O2S/c1-4-23(5-2)17(25)12-26-19-21-20-18(22(19)3)15-10-13-8-6-7-9-14(13)11-16(15)24/h6-11,24H,4-5,12H2,1-3H3. The summed E-state index contributed by atoms with van der Waals surface area (Å²) in [6.07, 6.45) is 0. The van der Waals surface area contributed by atoms with Gasteiger partial charge >= 0.3 is 0 Å². The lowest BCUT2D eigenvalue weighted by Gasteiger charge is -2.17. The fraction of sp³-hybridized carbons (Fsp3) is 0.316. The third-order valence-electron chi connectivity index (χ3n) is 4.38. The highest BCUT2D eigenvalue weighted by Gasteiger charge is 2.17. The van der Waals surface area contributed by atoms with Gasteiger partial charge in [-0.25, -0.2) is 0 Å². The number of amides is 1. The summed E-state index contributed by atoms with van der Waals surface area (Å²) in [7, 11) is 1.84. The first-order chi connectivity index (χ1) is 12.5. The third-order valence-corrected chi connectivity index (χ3v) is 5.39. The molecule has 0 aliphatic carbocycles. The summed E-state index contributed by atoms with van der Waals surface area (Å²) in [5.74, 6) is 1.14. The summed E-state index contributed by atoms with van der Waals surface area (Å²) in [6, 6.07) is 11.5. The number of hydrogen-bond donors (Lipinski definition) is 1. The van der Waals surface area contributed by atoms with Crippen LogP contribution in [0.3, 0.4) is 0 Å². The molecular formula is C19H22N4O2S. The van der Waals surface area contributed by atoms with Crippen molar-refractivity contribution in [1.29, 1.82) is 0 Å². The van der Waals surface area contributed by atoms with Crippen molar-refractivity contribution in [3.63, 3.8) is 0 Å². The van der Waals surface area contributed by atoms with Crippen LogP contribution >= 0.6 is 11.8 Å². The van der Waals surface area contributed by atoms with Crippen LogP contribution < -0.4 is 0 Å². The molecule has 0 radical (unpaired) electrons. The van der Waals surface area contributed by atoms with Crippen LogP contribution in [0.1, 0.15) is 13.8 Å². The zero-order valence-electron chi connectivity index (χ0n) is 15.1. The minimum Gasteiger partial charge on any atom is -0.507 e. The van der Waals surface area contributed by atoms with Gasteiger partial charge in [0.15, 0.2) is 11.0 Å². The highest BCUT2D eigenvalue weighted by molar-refractivity contribution is 7.99. The molecule has 0 atom stereocenters. The average Bonchev–Trinajstić information content (AvgIpc) is 3.01. The maximum Gasteiger partial charge on any atom is 0.233 e. The van der Waals surface area contributed by atoms with Crippen molar-refractivity contribution in [2.45, 2.75) is 19.0 Å². The van der Waals surface area contributed by atoms with E-state index in [1.807, 2.05) is 55.8 Å². The normalized spacial score (nSPS) is 11.0. The first-order valence-corrected chi connectivity index (χ1v) is 9.55. The number of carbonyl (C=O) groups is 1. The Morgan fingerprint density at radius 3 is 2.46 bits per heavy atom. The molecule has 0 bridgehead atoms. The number of hydrogen-bond acceptors (Lipinski definition) is 5. The van der Waals surface area contributed by atoms with Gasteiger partial charge in [0.05, 0.1) is 11.3 Å². The van der Waals surface area contributed by atoms with E-state index < -0.39 is 0 Å². The summed E-state index contributed by atoms with van der Waals surface area (Å²) < 4.78 is 1.81. The van der Waals surface area contributed by atoms with E-state index in [0.717, 1.165) is 10.8 Å². The van der Waals surface area contributed by atoms with Crippen molar-refractivity contribution in [3.05, 3.63) is 36.4 Å². The van der Waals surface area contributed by atoms with E-state index in [-0.39, 0.29) is 11.7 Å². The molecule has 0 spiro atoms. The first-order valence-electron chi connectivity index (χ1n) is 8.57. The number of aromatic nitrogens is 3. The highest BCUT2D eigenvalue weighted by Crippen LogP contribution is 2.33. The topological polar surface area (TPSA) is 71.2 Å². The predicted molar refractivity (Wildman–Crippen MR) is 104 cm³/mol. The molecule has 0 fully saturated rings. The van der Waals surface area contributed by atoms with Crippen LogP contribution in [0.15, 0.2) is 41.6 Å². The summed E-state index contributed by atoms with van der Waals surface area (Å²) in [4.78, 5) is 14.0. The van der Waals surface area contributed by atoms with E-state index in [9.17, 15) is 9.90 Å². The molecule has 3 rings (SSSR count). The van der Waals surface area contributed by atoms with E-state index in [1.165, 1.54) is 11.8 Å². The number of rotatable bonds is 6. The second kappa shape index (κ2) is 7.78. The van der Waals surface area contributed by atoms with E-state index in [4.69, 9.17) is 0 Å². The molecule has 26 heavy (non-hydrogen) atoms. The number of phenolic OH excluding ortho intramolecular Hbond substituents is 1. The summed E-state index contributed by atoms with van der Waals surface area (Å²) in [5.41, 5.74) is 0.626. The number of fused-ring (bicyclic) bond motifs is 1. The molecule has 0 aliphatic rings. The number of benzene rings is 2. The third kappa shape index (κ3) is 3.53. The van der Waals surface area contributed by atoms with Crippen LogP contribution in [0.5, 0.6) is 5.75 Å².